The van der Waals surface area contributed by atoms with Gasteiger partial charge in [-0.2, -0.15) is 4.98 Å². The van der Waals surface area contributed by atoms with Crippen LogP contribution in [-0.2, 0) is 0 Å². The van der Waals surface area contributed by atoms with Gasteiger partial charge >= 0.3 is 0 Å². The fraction of sp³-hybridized carbons (Fsp3) is 0.500. The van der Waals surface area contributed by atoms with Crippen LogP contribution in [0.4, 0.5) is 0 Å². The molecule has 0 bridgehead atoms. The minimum atomic E-state index is 0.0648. The van der Waals surface area contributed by atoms with Crippen LogP contribution in [-0.4, -0.2) is 20.2 Å². The van der Waals surface area contributed by atoms with Crippen LogP contribution >= 0.6 is 0 Å². The lowest BCUT2D eigenvalue weighted by molar-refractivity contribution is 0.328. The van der Waals surface area contributed by atoms with Crippen LogP contribution in [0.2, 0.25) is 0 Å². The third-order valence-electron chi connectivity index (χ3n) is 3.85. The molecule has 0 unspecified atom stereocenters. The van der Waals surface area contributed by atoms with Crippen LogP contribution in [0.5, 0.6) is 5.75 Å². The smallest absolute Gasteiger partial charge is 0.261 e. The molecule has 0 amide bonds. The minimum Gasteiger partial charge on any atom is -0.505 e. The molecule has 1 N–H and O–H groups in total. The maximum absolute atomic E-state index is 9.73. The summed E-state index contributed by atoms with van der Waals surface area (Å²) < 4.78 is 5.26. The molecule has 5 heteroatoms. The predicted molar refractivity (Wildman–Crippen MR) is 69.6 cm³/mol. The molecule has 3 rings (SSSR count). The van der Waals surface area contributed by atoms with Crippen molar-refractivity contribution in [3.63, 3.8) is 0 Å². The van der Waals surface area contributed by atoms with E-state index >= 15 is 0 Å². The summed E-state index contributed by atoms with van der Waals surface area (Å²) in [6.45, 7) is 2.28. The average molecular weight is 259 g/mol. The molecule has 0 aromatic carbocycles. The van der Waals surface area contributed by atoms with Crippen LogP contribution in [0.25, 0.3) is 11.5 Å². The van der Waals surface area contributed by atoms with Gasteiger partial charge in [-0.1, -0.05) is 24.9 Å². The molecule has 0 atom stereocenters. The summed E-state index contributed by atoms with van der Waals surface area (Å²) in [4.78, 5) is 8.26. The normalized spacial score (nSPS) is 23.4. The molecule has 1 saturated carbocycles. The maximum Gasteiger partial charge on any atom is 0.261 e. The molecule has 1 aliphatic carbocycles. The molecule has 2 aromatic heterocycles. The molecule has 0 radical (unpaired) electrons. The number of rotatable bonds is 2. The third kappa shape index (κ3) is 2.45. The van der Waals surface area contributed by atoms with E-state index in [2.05, 4.69) is 22.0 Å². The monoisotopic (exact) mass is 259 g/mol. The minimum absolute atomic E-state index is 0.0648. The molecule has 5 nitrogen and oxygen atoms in total. The number of hydrogen-bond donors (Lipinski definition) is 1. The number of aromatic nitrogens is 3. The summed E-state index contributed by atoms with van der Waals surface area (Å²) in [6.07, 6.45) is 7.64. The lowest BCUT2D eigenvalue weighted by atomic mass is 9.83. The number of nitrogens with zero attached hydrogens (tertiary/aromatic N) is 3. The fourth-order valence-corrected chi connectivity index (χ4v) is 2.60. The molecule has 0 saturated heterocycles. The Morgan fingerprint density at radius 3 is 2.79 bits per heavy atom. The van der Waals surface area contributed by atoms with Gasteiger partial charge in [0.15, 0.2) is 5.82 Å². The maximum atomic E-state index is 9.73. The molecule has 1 fully saturated rings. The van der Waals surface area contributed by atoms with Gasteiger partial charge < -0.3 is 9.63 Å². The number of aromatic hydroxyl groups is 1. The first-order valence-electron chi connectivity index (χ1n) is 6.71. The highest BCUT2D eigenvalue weighted by Gasteiger charge is 2.24. The van der Waals surface area contributed by atoms with Crippen molar-refractivity contribution in [3.05, 3.63) is 24.3 Å². The number of hydrogen-bond acceptors (Lipinski definition) is 5. The Bertz CT molecular complexity index is 559. The summed E-state index contributed by atoms with van der Waals surface area (Å²) in [6, 6.07) is 1.68. The first-order valence-corrected chi connectivity index (χ1v) is 6.71. The van der Waals surface area contributed by atoms with Crippen molar-refractivity contribution in [1.29, 1.82) is 0 Å². The van der Waals surface area contributed by atoms with Gasteiger partial charge in [-0.25, -0.2) is 0 Å². The predicted octanol–water partition coefficient (Wildman–Crippen LogP) is 3.13. The van der Waals surface area contributed by atoms with Gasteiger partial charge in [0.2, 0.25) is 0 Å². The fourth-order valence-electron chi connectivity index (χ4n) is 2.60. The summed E-state index contributed by atoms with van der Waals surface area (Å²) >= 11 is 0. The summed E-state index contributed by atoms with van der Waals surface area (Å²) in [5.41, 5.74) is 0.540. The van der Waals surface area contributed by atoms with Crippen molar-refractivity contribution in [2.24, 2.45) is 5.92 Å². The van der Waals surface area contributed by atoms with Crippen LogP contribution in [0.3, 0.4) is 0 Å². The van der Waals surface area contributed by atoms with E-state index in [1.54, 1.807) is 12.3 Å². The Morgan fingerprint density at radius 2 is 2.05 bits per heavy atom. The molecule has 0 spiro atoms. The van der Waals surface area contributed by atoms with E-state index in [1.165, 1.54) is 19.0 Å². The van der Waals surface area contributed by atoms with E-state index in [-0.39, 0.29) is 5.75 Å². The Kier molecular flexibility index (Phi) is 3.19. The lowest BCUT2D eigenvalue weighted by Gasteiger charge is -2.23. The van der Waals surface area contributed by atoms with Crippen LogP contribution < -0.4 is 0 Å². The van der Waals surface area contributed by atoms with Crippen molar-refractivity contribution in [2.75, 3.05) is 0 Å². The van der Waals surface area contributed by atoms with E-state index < -0.39 is 0 Å². The van der Waals surface area contributed by atoms with Crippen molar-refractivity contribution >= 4 is 0 Å². The molecular weight excluding hydrogens is 242 g/mol. The van der Waals surface area contributed by atoms with Crippen molar-refractivity contribution in [2.45, 2.75) is 38.5 Å². The highest BCUT2D eigenvalue weighted by Crippen LogP contribution is 2.35. The molecule has 19 heavy (non-hydrogen) atoms. The molecule has 2 aromatic rings. The highest BCUT2D eigenvalue weighted by atomic mass is 16.5. The van der Waals surface area contributed by atoms with Gasteiger partial charge in [0.05, 0.1) is 11.8 Å². The van der Waals surface area contributed by atoms with Crippen molar-refractivity contribution < 1.29 is 9.63 Å². The molecule has 1 aliphatic rings. The quantitative estimate of drug-likeness (QED) is 0.897. The van der Waals surface area contributed by atoms with Gasteiger partial charge in [-0.05, 0) is 24.8 Å². The standard InChI is InChI=1S/C14H17N3O2/c1-9-2-4-10(5-3-9)13-16-14(19-17-13)11-6-7-15-8-12(11)18/h6-10,18H,2-5H2,1H3. The van der Waals surface area contributed by atoms with Crippen LogP contribution in [0, 0.1) is 5.92 Å². The lowest BCUT2D eigenvalue weighted by Crippen LogP contribution is -2.11. The summed E-state index contributed by atoms with van der Waals surface area (Å²) in [7, 11) is 0. The average Bonchev–Trinajstić information content (AvgIpc) is 2.89. The Balaban J connectivity index is 1.82. The second-order valence-corrected chi connectivity index (χ2v) is 5.31. The van der Waals surface area contributed by atoms with Crippen molar-refractivity contribution in [3.8, 4) is 17.2 Å². The third-order valence-corrected chi connectivity index (χ3v) is 3.85. The summed E-state index contributed by atoms with van der Waals surface area (Å²) in [5.74, 6) is 2.38. The van der Waals surface area contributed by atoms with Gasteiger partial charge in [-0.15, -0.1) is 0 Å². The topological polar surface area (TPSA) is 72.0 Å². The zero-order chi connectivity index (χ0) is 13.2. The zero-order valence-electron chi connectivity index (χ0n) is 10.9. The van der Waals surface area contributed by atoms with Gasteiger partial charge in [0, 0.05) is 12.1 Å². The van der Waals surface area contributed by atoms with E-state index in [9.17, 15) is 5.11 Å². The Labute approximate surface area is 111 Å². The molecule has 100 valence electrons. The highest BCUT2D eigenvalue weighted by molar-refractivity contribution is 5.60. The molecular formula is C14H17N3O2. The first kappa shape index (κ1) is 12.1. The Hall–Kier alpha value is -1.91. The number of pyridine rings is 1. The van der Waals surface area contributed by atoms with E-state index in [0.717, 1.165) is 24.6 Å². The van der Waals surface area contributed by atoms with Crippen LogP contribution in [0.1, 0.15) is 44.3 Å². The second-order valence-electron chi connectivity index (χ2n) is 5.31. The molecule has 2 heterocycles. The van der Waals surface area contributed by atoms with Gasteiger partial charge in [-0.3, -0.25) is 4.98 Å². The van der Waals surface area contributed by atoms with E-state index in [0.29, 0.717) is 17.4 Å². The zero-order valence-corrected chi connectivity index (χ0v) is 10.9. The molecule has 0 aliphatic heterocycles. The first-order chi connectivity index (χ1) is 9.24. The summed E-state index contributed by atoms with van der Waals surface area (Å²) in [5, 5.41) is 13.8. The second kappa shape index (κ2) is 4.99. The van der Waals surface area contributed by atoms with Crippen LogP contribution in [0.15, 0.2) is 23.0 Å². The van der Waals surface area contributed by atoms with Gasteiger partial charge in [0.1, 0.15) is 5.75 Å². The largest absolute Gasteiger partial charge is 0.505 e. The van der Waals surface area contributed by atoms with E-state index in [1.807, 2.05) is 0 Å². The Morgan fingerprint density at radius 1 is 1.26 bits per heavy atom. The van der Waals surface area contributed by atoms with Crippen molar-refractivity contribution in [1.82, 2.24) is 15.1 Å². The van der Waals surface area contributed by atoms with Gasteiger partial charge in [0.25, 0.3) is 5.89 Å². The van der Waals surface area contributed by atoms with E-state index in [4.69, 9.17) is 4.52 Å². The SMILES string of the molecule is CC1CCC(c2noc(-c3ccncc3O)n2)CC1.